The van der Waals surface area contributed by atoms with Gasteiger partial charge in [0.1, 0.15) is 0 Å². The van der Waals surface area contributed by atoms with Gasteiger partial charge < -0.3 is 10.4 Å². The van der Waals surface area contributed by atoms with Gasteiger partial charge in [0.2, 0.25) is 5.91 Å². The zero-order valence-electron chi connectivity index (χ0n) is 10.8. The van der Waals surface area contributed by atoms with E-state index in [0.29, 0.717) is 16.3 Å². The van der Waals surface area contributed by atoms with Crippen molar-refractivity contribution < 1.29 is 14.7 Å². The molecule has 1 amide bonds. The van der Waals surface area contributed by atoms with E-state index in [1.165, 1.54) is 6.07 Å². The van der Waals surface area contributed by atoms with Gasteiger partial charge in [-0.05, 0) is 45.8 Å². The lowest BCUT2D eigenvalue weighted by Gasteiger charge is -2.08. The quantitative estimate of drug-likeness (QED) is 0.858. The van der Waals surface area contributed by atoms with Crippen LogP contribution >= 0.6 is 27.5 Å². The summed E-state index contributed by atoms with van der Waals surface area (Å²) >= 11 is 9.21. The van der Waals surface area contributed by atoms with Gasteiger partial charge in [-0.3, -0.25) is 4.79 Å². The SMILES string of the molecule is O=C(Cc1ccccc1C(=O)O)Nc1ccc(Br)c(Cl)c1. The Balaban J connectivity index is 2.12. The maximum Gasteiger partial charge on any atom is 0.335 e. The summed E-state index contributed by atoms with van der Waals surface area (Å²) < 4.78 is 0.735. The van der Waals surface area contributed by atoms with Crippen molar-refractivity contribution in [3.63, 3.8) is 0 Å². The minimum Gasteiger partial charge on any atom is -0.478 e. The van der Waals surface area contributed by atoms with E-state index >= 15 is 0 Å². The first-order valence-corrected chi connectivity index (χ1v) is 7.20. The Labute approximate surface area is 134 Å². The molecule has 0 saturated carbocycles. The fraction of sp³-hybridized carbons (Fsp3) is 0.0667. The van der Waals surface area contributed by atoms with Crippen LogP contribution in [0.25, 0.3) is 0 Å². The molecule has 0 radical (unpaired) electrons. The number of hydrogen-bond acceptors (Lipinski definition) is 2. The summed E-state index contributed by atoms with van der Waals surface area (Å²) in [7, 11) is 0. The Bertz CT molecular complexity index is 703. The number of amides is 1. The van der Waals surface area contributed by atoms with Crippen LogP contribution in [0, 0.1) is 0 Å². The van der Waals surface area contributed by atoms with Crippen molar-refractivity contribution in [1.29, 1.82) is 0 Å². The van der Waals surface area contributed by atoms with Crippen LogP contribution in [-0.2, 0) is 11.2 Å². The maximum absolute atomic E-state index is 12.0. The molecule has 0 saturated heterocycles. The first-order chi connectivity index (χ1) is 9.97. The van der Waals surface area contributed by atoms with Crippen LogP contribution in [0.1, 0.15) is 15.9 Å². The number of hydrogen-bond donors (Lipinski definition) is 2. The van der Waals surface area contributed by atoms with E-state index in [2.05, 4.69) is 21.2 Å². The number of benzene rings is 2. The van der Waals surface area contributed by atoms with Crippen molar-refractivity contribution in [1.82, 2.24) is 0 Å². The minimum atomic E-state index is -1.05. The molecule has 108 valence electrons. The molecule has 0 aromatic heterocycles. The summed E-state index contributed by atoms with van der Waals surface area (Å²) in [6, 6.07) is 11.5. The van der Waals surface area contributed by atoms with Gasteiger partial charge in [-0.2, -0.15) is 0 Å². The molecule has 0 aliphatic carbocycles. The average Bonchev–Trinajstić information content (AvgIpc) is 2.43. The molecule has 2 aromatic rings. The van der Waals surface area contributed by atoms with E-state index < -0.39 is 5.97 Å². The zero-order valence-corrected chi connectivity index (χ0v) is 13.1. The number of carboxylic acid groups (broad SMARTS) is 1. The highest BCUT2D eigenvalue weighted by Gasteiger charge is 2.12. The molecular formula is C15H11BrClNO3. The molecule has 0 fully saturated rings. The van der Waals surface area contributed by atoms with Crippen molar-refractivity contribution in [2.24, 2.45) is 0 Å². The first kappa shape index (κ1) is 15.5. The Morgan fingerprint density at radius 2 is 1.90 bits per heavy atom. The molecule has 0 atom stereocenters. The van der Waals surface area contributed by atoms with E-state index in [4.69, 9.17) is 16.7 Å². The normalized spacial score (nSPS) is 10.2. The number of carboxylic acids is 1. The van der Waals surface area contributed by atoms with Crippen molar-refractivity contribution in [3.8, 4) is 0 Å². The second-order valence-electron chi connectivity index (χ2n) is 4.32. The second-order valence-corrected chi connectivity index (χ2v) is 5.58. The van der Waals surface area contributed by atoms with Crippen LogP contribution in [0.4, 0.5) is 5.69 Å². The molecule has 0 heterocycles. The third kappa shape index (κ3) is 4.06. The Morgan fingerprint density at radius 3 is 2.57 bits per heavy atom. The predicted molar refractivity (Wildman–Crippen MR) is 84.9 cm³/mol. The monoisotopic (exact) mass is 367 g/mol. The van der Waals surface area contributed by atoms with Crippen molar-refractivity contribution in [2.45, 2.75) is 6.42 Å². The summed E-state index contributed by atoms with van der Waals surface area (Å²) in [6.07, 6.45) is -0.0177. The van der Waals surface area contributed by atoms with E-state index in [9.17, 15) is 9.59 Å². The van der Waals surface area contributed by atoms with E-state index in [0.717, 1.165) is 4.47 Å². The van der Waals surface area contributed by atoms with Crippen LogP contribution in [0.2, 0.25) is 5.02 Å². The highest BCUT2D eigenvalue weighted by atomic mass is 79.9. The summed E-state index contributed by atoms with van der Waals surface area (Å²) in [4.78, 5) is 23.1. The standard InChI is InChI=1S/C15H11BrClNO3/c16-12-6-5-10(8-13(12)17)18-14(19)7-9-3-1-2-4-11(9)15(20)21/h1-6,8H,7H2,(H,18,19)(H,20,21). The topological polar surface area (TPSA) is 66.4 Å². The minimum absolute atomic E-state index is 0.0177. The van der Waals surface area contributed by atoms with Crippen LogP contribution in [0.15, 0.2) is 46.9 Å². The van der Waals surface area contributed by atoms with Gasteiger partial charge in [0.15, 0.2) is 0 Å². The Kier molecular flexibility index (Phi) is 4.98. The summed E-state index contributed by atoms with van der Waals surface area (Å²) in [5.74, 6) is -1.35. The van der Waals surface area contributed by atoms with Crippen molar-refractivity contribution in [3.05, 3.63) is 63.1 Å². The maximum atomic E-state index is 12.0. The molecule has 0 unspecified atom stereocenters. The molecule has 2 N–H and O–H groups in total. The molecule has 0 bridgehead atoms. The van der Waals surface area contributed by atoms with E-state index in [-0.39, 0.29) is 17.9 Å². The van der Waals surface area contributed by atoms with E-state index in [1.807, 2.05) is 0 Å². The van der Waals surface area contributed by atoms with Crippen LogP contribution in [0.5, 0.6) is 0 Å². The first-order valence-electron chi connectivity index (χ1n) is 6.03. The molecule has 21 heavy (non-hydrogen) atoms. The van der Waals surface area contributed by atoms with Crippen LogP contribution in [0.3, 0.4) is 0 Å². The van der Waals surface area contributed by atoms with Gasteiger partial charge >= 0.3 is 5.97 Å². The fourth-order valence-electron chi connectivity index (χ4n) is 1.84. The lowest BCUT2D eigenvalue weighted by molar-refractivity contribution is -0.115. The predicted octanol–water partition coefficient (Wildman–Crippen LogP) is 3.98. The molecule has 0 spiro atoms. The smallest absolute Gasteiger partial charge is 0.335 e. The molecule has 4 nitrogen and oxygen atoms in total. The summed E-state index contributed by atoms with van der Waals surface area (Å²) in [6.45, 7) is 0. The van der Waals surface area contributed by atoms with Gasteiger partial charge in [-0.15, -0.1) is 0 Å². The number of carbonyl (C=O) groups excluding carboxylic acids is 1. The lowest BCUT2D eigenvalue weighted by atomic mass is 10.0. The fourth-order valence-corrected chi connectivity index (χ4v) is 2.26. The third-order valence-corrected chi connectivity index (χ3v) is 4.03. The van der Waals surface area contributed by atoms with Gasteiger partial charge in [-0.1, -0.05) is 29.8 Å². The van der Waals surface area contributed by atoms with Gasteiger partial charge in [0, 0.05) is 10.2 Å². The molecule has 2 rings (SSSR count). The van der Waals surface area contributed by atoms with Gasteiger partial charge in [0.05, 0.1) is 17.0 Å². The molecular weight excluding hydrogens is 358 g/mol. The van der Waals surface area contributed by atoms with Crippen LogP contribution in [-0.4, -0.2) is 17.0 Å². The average molecular weight is 369 g/mol. The Morgan fingerprint density at radius 1 is 1.19 bits per heavy atom. The van der Waals surface area contributed by atoms with Gasteiger partial charge in [-0.25, -0.2) is 4.79 Å². The van der Waals surface area contributed by atoms with Crippen LogP contribution < -0.4 is 5.32 Å². The number of aromatic carboxylic acids is 1. The van der Waals surface area contributed by atoms with E-state index in [1.54, 1.807) is 36.4 Å². The molecule has 6 heteroatoms. The summed E-state index contributed by atoms with van der Waals surface area (Å²) in [5, 5.41) is 12.3. The second kappa shape index (κ2) is 6.74. The summed E-state index contributed by atoms with van der Waals surface area (Å²) in [5.41, 5.74) is 1.15. The third-order valence-electron chi connectivity index (χ3n) is 2.80. The number of rotatable bonds is 4. The highest BCUT2D eigenvalue weighted by Crippen LogP contribution is 2.25. The molecule has 0 aliphatic heterocycles. The lowest BCUT2D eigenvalue weighted by Crippen LogP contribution is -2.16. The number of nitrogens with one attached hydrogen (secondary N) is 1. The number of halogens is 2. The van der Waals surface area contributed by atoms with Crippen molar-refractivity contribution >= 4 is 45.1 Å². The number of carbonyl (C=O) groups is 2. The highest BCUT2D eigenvalue weighted by molar-refractivity contribution is 9.10. The molecule has 0 aliphatic rings. The van der Waals surface area contributed by atoms with Gasteiger partial charge in [0.25, 0.3) is 0 Å². The van der Waals surface area contributed by atoms with Crippen molar-refractivity contribution in [2.75, 3.05) is 5.32 Å². The molecule has 2 aromatic carbocycles. The largest absolute Gasteiger partial charge is 0.478 e. The zero-order chi connectivity index (χ0) is 15.4. The number of anilines is 1. The Hall–Kier alpha value is -1.85.